The third-order valence-corrected chi connectivity index (χ3v) is 4.46. The first-order chi connectivity index (χ1) is 12.1. The third-order valence-electron chi connectivity index (χ3n) is 4.46. The van der Waals surface area contributed by atoms with E-state index in [1.807, 2.05) is 7.05 Å². The molecule has 0 unspecified atom stereocenters. The fourth-order valence-corrected chi connectivity index (χ4v) is 3.05. The molecule has 9 nitrogen and oxygen atoms in total. The van der Waals surface area contributed by atoms with Crippen molar-refractivity contribution in [2.24, 2.45) is 0 Å². The second-order valence-electron chi connectivity index (χ2n) is 6.00. The highest BCUT2D eigenvalue weighted by Gasteiger charge is 2.30. The maximum atomic E-state index is 11.3. The molecule has 0 amide bonds. The van der Waals surface area contributed by atoms with E-state index in [-0.39, 0.29) is 11.6 Å². The van der Waals surface area contributed by atoms with Crippen LogP contribution in [0.1, 0.15) is 22.2 Å². The van der Waals surface area contributed by atoms with Gasteiger partial charge in [-0.05, 0) is 25.2 Å². The predicted octanol–water partition coefficient (Wildman–Crippen LogP) is 0.711. The van der Waals surface area contributed by atoms with Crippen LogP contribution < -0.4 is 4.90 Å². The quantitative estimate of drug-likeness (QED) is 0.745. The molecule has 0 radical (unpaired) electrons. The first-order valence-corrected chi connectivity index (χ1v) is 7.93. The molecule has 1 atom stereocenters. The Hall–Kier alpha value is -3.07. The highest BCUT2D eigenvalue weighted by Crippen LogP contribution is 2.25. The van der Waals surface area contributed by atoms with Gasteiger partial charge in [0.2, 0.25) is 5.95 Å². The van der Waals surface area contributed by atoms with Gasteiger partial charge in [0, 0.05) is 38.2 Å². The van der Waals surface area contributed by atoms with Gasteiger partial charge < -0.3 is 10.0 Å². The van der Waals surface area contributed by atoms with E-state index in [1.54, 1.807) is 35.1 Å². The highest BCUT2D eigenvalue weighted by atomic mass is 16.4. The van der Waals surface area contributed by atoms with Crippen LogP contribution >= 0.6 is 0 Å². The van der Waals surface area contributed by atoms with Gasteiger partial charge in [-0.1, -0.05) is 0 Å². The van der Waals surface area contributed by atoms with Crippen LogP contribution in [0, 0.1) is 0 Å². The summed E-state index contributed by atoms with van der Waals surface area (Å²) in [6.07, 6.45) is 5.02. The van der Waals surface area contributed by atoms with E-state index in [9.17, 15) is 9.90 Å². The lowest BCUT2D eigenvalue weighted by atomic mass is 10.1. The lowest BCUT2D eigenvalue weighted by molar-refractivity contribution is 0.0696. The van der Waals surface area contributed by atoms with Crippen molar-refractivity contribution >= 4 is 17.6 Å². The van der Waals surface area contributed by atoms with E-state index in [0.29, 0.717) is 24.0 Å². The molecule has 0 spiro atoms. The first kappa shape index (κ1) is 15.5. The number of carboxylic acids is 1. The van der Waals surface area contributed by atoms with Gasteiger partial charge in [-0.3, -0.25) is 9.30 Å². The van der Waals surface area contributed by atoms with Gasteiger partial charge in [-0.2, -0.15) is 0 Å². The molecule has 0 aromatic carbocycles. The molecule has 0 saturated carbocycles. The average molecular weight is 339 g/mol. The Morgan fingerprint density at radius 2 is 2.00 bits per heavy atom. The zero-order chi connectivity index (χ0) is 17.4. The molecule has 1 fully saturated rings. The Morgan fingerprint density at radius 1 is 1.20 bits per heavy atom. The van der Waals surface area contributed by atoms with Crippen LogP contribution in [-0.4, -0.2) is 67.2 Å². The number of pyridine rings is 1. The number of rotatable bonds is 3. The number of hydrogen-bond acceptors (Lipinski definition) is 7. The zero-order valence-corrected chi connectivity index (χ0v) is 13.6. The summed E-state index contributed by atoms with van der Waals surface area (Å²) < 4.78 is 1.75. The monoisotopic (exact) mass is 339 g/mol. The van der Waals surface area contributed by atoms with Crippen molar-refractivity contribution < 1.29 is 9.90 Å². The molecule has 1 aliphatic heterocycles. The number of aromatic nitrogens is 5. The van der Waals surface area contributed by atoms with Gasteiger partial charge >= 0.3 is 5.97 Å². The van der Waals surface area contributed by atoms with Crippen LogP contribution in [0.4, 0.5) is 5.95 Å². The minimum Gasteiger partial charge on any atom is -0.478 e. The molecule has 3 aromatic rings. The van der Waals surface area contributed by atoms with Crippen molar-refractivity contribution in [3.8, 4) is 0 Å². The minimum atomic E-state index is -0.974. The van der Waals surface area contributed by atoms with Crippen LogP contribution in [0.2, 0.25) is 0 Å². The molecule has 4 heterocycles. The molecule has 1 N–H and O–H groups in total. The minimum absolute atomic E-state index is 0.0448. The molecule has 0 bridgehead atoms. The summed E-state index contributed by atoms with van der Waals surface area (Å²) in [6.45, 7) is 2.28. The summed E-state index contributed by atoms with van der Waals surface area (Å²) in [5.41, 5.74) is 0.830. The van der Waals surface area contributed by atoms with Crippen molar-refractivity contribution in [1.82, 2.24) is 29.5 Å². The summed E-state index contributed by atoms with van der Waals surface area (Å²) >= 11 is 0. The Kier molecular flexibility index (Phi) is 3.77. The van der Waals surface area contributed by atoms with Crippen LogP contribution in [0.25, 0.3) is 5.65 Å². The van der Waals surface area contributed by atoms with E-state index in [1.165, 1.54) is 6.07 Å². The number of likely N-dealkylation sites (N-methyl/N-ethyl adjacent to an activating group) is 1. The number of carboxylic acid groups (broad SMARTS) is 1. The SMILES string of the molecule is CN1CCN(c2ncccn2)C[C@H]1c1nnc2ccc(C(=O)O)cn12. The number of hydrogen-bond donors (Lipinski definition) is 1. The number of anilines is 1. The van der Waals surface area contributed by atoms with Gasteiger partial charge in [-0.25, -0.2) is 14.8 Å². The molecule has 0 aliphatic carbocycles. The van der Waals surface area contributed by atoms with Crippen LogP contribution in [0.15, 0.2) is 36.8 Å². The topological polar surface area (TPSA) is 99.8 Å². The maximum Gasteiger partial charge on any atom is 0.337 e. The number of piperazine rings is 1. The standard InChI is InChI=1S/C16H17N7O2/c1-21-7-8-22(16-17-5-2-6-18-16)10-12(21)14-20-19-13-4-3-11(15(24)25)9-23(13)14/h2-6,9,12H,7-8,10H2,1H3,(H,24,25)/t12-/m0/s1. The second-order valence-corrected chi connectivity index (χ2v) is 6.00. The first-order valence-electron chi connectivity index (χ1n) is 7.93. The summed E-state index contributed by atoms with van der Waals surface area (Å²) in [5.74, 6) is 0.416. The highest BCUT2D eigenvalue weighted by molar-refractivity contribution is 5.87. The molecule has 3 aromatic heterocycles. The molecule has 1 saturated heterocycles. The Morgan fingerprint density at radius 3 is 2.76 bits per heavy atom. The number of aromatic carboxylic acids is 1. The average Bonchev–Trinajstić information content (AvgIpc) is 3.06. The predicted molar refractivity (Wildman–Crippen MR) is 89.6 cm³/mol. The molecular weight excluding hydrogens is 322 g/mol. The lowest BCUT2D eigenvalue weighted by Gasteiger charge is -2.38. The van der Waals surface area contributed by atoms with Crippen molar-refractivity contribution in [1.29, 1.82) is 0 Å². The van der Waals surface area contributed by atoms with Crippen molar-refractivity contribution in [2.75, 3.05) is 31.6 Å². The summed E-state index contributed by atoms with van der Waals surface area (Å²) in [7, 11) is 2.02. The molecule has 1 aliphatic rings. The molecular formula is C16H17N7O2. The van der Waals surface area contributed by atoms with Crippen molar-refractivity contribution in [2.45, 2.75) is 6.04 Å². The number of fused-ring (bicyclic) bond motifs is 1. The Balaban J connectivity index is 1.71. The summed E-state index contributed by atoms with van der Waals surface area (Å²) in [4.78, 5) is 24.2. The van der Waals surface area contributed by atoms with Crippen molar-refractivity contribution in [3.63, 3.8) is 0 Å². The number of nitrogens with zero attached hydrogens (tertiary/aromatic N) is 7. The third kappa shape index (κ3) is 2.78. The molecule has 128 valence electrons. The van der Waals surface area contributed by atoms with Gasteiger partial charge in [0.25, 0.3) is 0 Å². The van der Waals surface area contributed by atoms with Crippen molar-refractivity contribution in [3.05, 3.63) is 48.2 Å². The zero-order valence-electron chi connectivity index (χ0n) is 13.6. The van der Waals surface area contributed by atoms with E-state index in [2.05, 4.69) is 30.0 Å². The summed E-state index contributed by atoms with van der Waals surface area (Å²) in [6, 6.07) is 4.94. The number of carbonyl (C=O) groups is 1. The Labute approximate surface area is 143 Å². The second kappa shape index (κ2) is 6.10. The van der Waals surface area contributed by atoms with E-state index < -0.39 is 5.97 Å². The van der Waals surface area contributed by atoms with Crippen LogP contribution in [0.3, 0.4) is 0 Å². The summed E-state index contributed by atoms with van der Waals surface area (Å²) in [5, 5.41) is 17.7. The van der Waals surface area contributed by atoms with Crippen LogP contribution in [0.5, 0.6) is 0 Å². The van der Waals surface area contributed by atoms with Gasteiger partial charge in [-0.15, -0.1) is 10.2 Å². The smallest absolute Gasteiger partial charge is 0.337 e. The lowest BCUT2D eigenvalue weighted by Crippen LogP contribution is -2.47. The van der Waals surface area contributed by atoms with E-state index in [4.69, 9.17) is 0 Å². The Bertz CT molecular complexity index is 911. The fraction of sp³-hybridized carbons (Fsp3) is 0.312. The van der Waals surface area contributed by atoms with Gasteiger partial charge in [0.1, 0.15) is 0 Å². The van der Waals surface area contributed by atoms with Gasteiger partial charge in [0.15, 0.2) is 11.5 Å². The molecule has 25 heavy (non-hydrogen) atoms. The van der Waals surface area contributed by atoms with Crippen LogP contribution in [-0.2, 0) is 0 Å². The molecule has 9 heteroatoms. The largest absolute Gasteiger partial charge is 0.478 e. The molecule has 4 rings (SSSR count). The van der Waals surface area contributed by atoms with Gasteiger partial charge in [0.05, 0.1) is 11.6 Å². The fourth-order valence-electron chi connectivity index (χ4n) is 3.05. The van der Waals surface area contributed by atoms with E-state index in [0.717, 1.165) is 13.1 Å². The maximum absolute atomic E-state index is 11.3. The normalized spacial score (nSPS) is 18.6. The van der Waals surface area contributed by atoms with E-state index >= 15 is 0 Å².